The first-order valence-electron chi connectivity index (χ1n) is 16.9. The average molecular weight is 673 g/mol. The number of thiophene rings is 2. The van der Waals surface area contributed by atoms with E-state index in [1.807, 2.05) is 22.7 Å². The summed E-state index contributed by atoms with van der Waals surface area (Å²) in [4.78, 5) is 2.45. The smallest absolute Gasteiger partial charge is 0.0542 e. The van der Waals surface area contributed by atoms with Crippen molar-refractivity contribution >= 4 is 113 Å². The van der Waals surface area contributed by atoms with Gasteiger partial charge in [0.15, 0.2) is 0 Å². The van der Waals surface area contributed by atoms with Gasteiger partial charge in [-0.2, -0.15) is 0 Å². The summed E-state index contributed by atoms with van der Waals surface area (Å²) in [6, 6.07) is 62.5. The third-order valence-electron chi connectivity index (χ3n) is 10.1. The van der Waals surface area contributed by atoms with Gasteiger partial charge in [0.2, 0.25) is 0 Å². The predicted molar refractivity (Wildman–Crippen MR) is 219 cm³/mol. The Bertz CT molecular complexity index is 3110. The Hall–Kier alpha value is -5.94. The molecule has 4 heteroatoms. The Labute approximate surface area is 296 Å². The van der Waals surface area contributed by atoms with Gasteiger partial charge in [-0.1, -0.05) is 84.9 Å². The summed E-state index contributed by atoms with van der Waals surface area (Å²) in [5.41, 5.74) is 7.02. The molecule has 0 aliphatic carbocycles. The average Bonchev–Trinajstić information content (AvgIpc) is 3.83. The fraction of sp³-hybridized carbons (Fsp3) is 0. The van der Waals surface area contributed by atoms with Crippen LogP contribution in [0.4, 0.5) is 17.1 Å². The van der Waals surface area contributed by atoms with E-state index < -0.39 is 0 Å². The van der Waals surface area contributed by atoms with Crippen molar-refractivity contribution in [3.05, 3.63) is 170 Å². The van der Waals surface area contributed by atoms with Crippen LogP contribution in [-0.4, -0.2) is 4.57 Å². The lowest BCUT2D eigenvalue weighted by Gasteiger charge is -2.26. The molecule has 3 aromatic heterocycles. The van der Waals surface area contributed by atoms with Crippen LogP contribution in [0.1, 0.15) is 0 Å². The maximum atomic E-state index is 2.45. The molecular formula is C46H28N2S2. The highest BCUT2D eigenvalue weighted by Gasteiger charge is 2.19. The lowest BCUT2D eigenvalue weighted by atomic mass is 10.1. The number of nitrogens with zero attached hydrogens (tertiary/aromatic N) is 2. The molecule has 0 spiro atoms. The number of anilines is 3. The molecule has 0 N–H and O–H groups in total. The van der Waals surface area contributed by atoms with Crippen LogP contribution in [0.3, 0.4) is 0 Å². The summed E-state index contributed by atoms with van der Waals surface area (Å²) >= 11 is 3.74. The molecule has 2 nitrogen and oxygen atoms in total. The highest BCUT2D eigenvalue weighted by atomic mass is 32.1. The number of rotatable bonds is 4. The minimum absolute atomic E-state index is 1.14. The van der Waals surface area contributed by atoms with Gasteiger partial charge in [-0.15, -0.1) is 22.7 Å². The summed E-state index contributed by atoms with van der Waals surface area (Å²) in [6.45, 7) is 0. The number of benzene rings is 8. The molecule has 0 aliphatic rings. The Kier molecular flexibility index (Phi) is 6.03. The molecule has 0 saturated carbocycles. The van der Waals surface area contributed by atoms with Crippen molar-refractivity contribution in [3.63, 3.8) is 0 Å². The van der Waals surface area contributed by atoms with E-state index in [0.717, 1.165) is 17.1 Å². The topological polar surface area (TPSA) is 8.17 Å². The molecule has 8 aromatic carbocycles. The van der Waals surface area contributed by atoms with Crippen LogP contribution >= 0.6 is 22.7 Å². The summed E-state index contributed by atoms with van der Waals surface area (Å²) in [7, 11) is 0. The molecule has 0 atom stereocenters. The number of para-hydroxylation sites is 2. The monoisotopic (exact) mass is 672 g/mol. The van der Waals surface area contributed by atoms with E-state index in [9.17, 15) is 0 Å². The fourth-order valence-electron chi connectivity index (χ4n) is 7.85. The molecule has 0 radical (unpaired) electrons. The maximum absolute atomic E-state index is 2.45. The van der Waals surface area contributed by atoms with Gasteiger partial charge in [0.25, 0.3) is 0 Å². The van der Waals surface area contributed by atoms with Crippen molar-refractivity contribution in [2.24, 2.45) is 0 Å². The van der Waals surface area contributed by atoms with Gasteiger partial charge in [-0.05, 0) is 95.7 Å². The normalized spacial score (nSPS) is 12.0. The second-order valence-corrected chi connectivity index (χ2v) is 15.1. The highest BCUT2D eigenvalue weighted by Crippen LogP contribution is 2.45. The molecule has 0 bridgehead atoms. The van der Waals surface area contributed by atoms with Crippen LogP contribution < -0.4 is 4.90 Å². The molecule has 11 rings (SSSR count). The predicted octanol–water partition coefficient (Wildman–Crippen LogP) is 14.1. The van der Waals surface area contributed by atoms with E-state index in [1.54, 1.807) is 0 Å². The highest BCUT2D eigenvalue weighted by molar-refractivity contribution is 7.26. The Balaban J connectivity index is 1.17. The largest absolute Gasteiger partial charge is 0.310 e. The first-order valence-corrected chi connectivity index (χ1v) is 18.6. The molecule has 0 fully saturated rings. The van der Waals surface area contributed by atoms with Crippen LogP contribution in [0.25, 0.3) is 78.6 Å². The van der Waals surface area contributed by atoms with Gasteiger partial charge >= 0.3 is 0 Å². The van der Waals surface area contributed by atoms with Crippen LogP contribution in [0, 0.1) is 0 Å². The molecule has 50 heavy (non-hydrogen) atoms. The number of hydrogen-bond donors (Lipinski definition) is 0. The van der Waals surface area contributed by atoms with Gasteiger partial charge in [0.05, 0.1) is 11.0 Å². The molecule has 0 unspecified atom stereocenters. The Morgan fingerprint density at radius 2 is 0.900 bits per heavy atom. The minimum atomic E-state index is 1.14. The lowest BCUT2D eigenvalue weighted by molar-refractivity contribution is 1.18. The Morgan fingerprint density at radius 3 is 1.76 bits per heavy atom. The molecule has 11 aromatic rings. The second kappa shape index (κ2) is 10.8. The number of aromatic nitrogens is 1. The van der Waals surface area contributed by atoms with E-state index in [-0.39, 0.29) is 0 Å². The van der Waals surface area contributed by atoms with Crippen molar-refractivity contribution in [2.75, 3.05) is 4.90 Å². The molecule has 0 amide bonds. The first kappa shape index (κ1) is 28.0. The van der Waals surface area contributed by atoms with Crippen LogP contribution in [0.2, 0.25) is 0 Å². The van der Waals surface area contributed by atoms with Gasteiger partial charge in [0.1, 0.15) is 0 Å². The van der Waals surface area contributed by atoms with Crippen molar-refractivity contribution in [2.45, 2.75) is 0 Å². The zero-order valence-electron chi connectivity index (χ0n) is 26.9. The molecule has 0 saturated heterocycles. The van der Waals surface area contributed by atoms with Gasteiger partial charge in [-0.25, -0.2) is 0 Å². The van der Waals surface area contributed by atoms with E-state index >= 15 is 0 Å². The zero-order chi connectivity index (χ0) is 32.8. The van der Waals surface area contributed by atoms with E-state index in [1.165, 1.54) is 78.6 Å². The first-order chi connectivity index (χ1) is 24.8. The quantitative estimate of drug-likeness (QED) is 0.181. The van der Waals surface area contributed by atoms with Crippen LogP contribution in [-0.2, 0) is 0 Å². The van der Waals surface area contributed by atoms with Gasteiger partial charge < -0.3 is 9.47 Å². The van der Waals surface area contributed by atoms with Crippen molar-refractivity contribution in [1.82, 2.24) is 4.57 Å². The fourth-order valence-corrected chi connectivity index (χ4v) is 10.1. The standard InChI is InChI=1S/C46H28N2S2/c1-2-12-31(13-3-1)48-41-16-8-6-14-35(41)38-26-32(19-22-42(38)48)47(34-18-21-37-36-15-7-9-17-43(36)49-46(37)28-34)33-20-23-44-40(27-33)39-24-29-10-4-5-11-30(29)25-45(39)50-44/h1-28H. The number of fused-ring (bicyclic) bond motifs is 10. The van der Waals surface area contributed by atoms with E-state index in [4.69, 9.17) is 0 Å². The van der Waals surface area contributed by atoms with E-state index in [2.05, 4.69) is 179 Å². The van der Waals surface area contributed by atoms with Crippen molar-refractivity contribution in [3.8, 4) is 5.69 Å². The van der Waals surface area contributed by atoms with Crippen LogP contribution in [0.15, 0.2) is 170 Å². The Morgan fingerprint density at radius 1 is 0.340 bits per heavy atom. The summed E-state index contributed by atoms with van der Waals surface area (Å²) in [5.74, 6) is 0. The van der Waals surface area contributed by atoms with Gasteiger partial charge in [-0.3, -0.25) is 0 Å². The molecule has 3 heterocycles. The summed E-state index contributed by atoms with van der Waals surface area (Å²) in [5, 5.41) is 10.3. The number of hydrogen-bond acceptors (Lipinski definition) is 3. The SMILES string of the molecule is c1ccc(-n2c3ccccc3c3cc(N(c4ccc5c(c4)sc4ccccc45)c4ccc5sc6cc7ccccc7cc6c5c4)ccc32)cc1. The second-order valence-electron chi connectivity index (χ2n) is 13.0. The summed E-state index contributed by atoms with van der Waals surface area (Å²) in [6.07, 6.45) is 0. The minimum Gasteiger partial charge on any atom is -0.310 e. The van der Waals surface area contributed by atoms with E-state index in [0.29, 0.717) is 0 Å². The lowest BCUT2D eigenvalue weighted by Crippen LogP contribution is -2.09. The van der Waals surface area contributed by atoms with Crippen molar-refractivity contribution < 1.29 is 0 Å². The molecular weight excluding hydrogens is 645 g/mol. The summed E-state index contributed by atoms with van der Waals surface area (Å²) < 4.78 is 7.63. The third kappa shape index (κ3) is 4.19. The molecule has 0 aliphatic heterocycles. The van der Waals surface area contributed by atoms with Gasteiger partial charge in [0, 0.05) is 73.9 Å². The third-order valence-corrected chi connectivity index (χ3v) is 12.4. The zero-order valence-corrected chi connectivity index (χ0v) is 28.5. The van der Waals surface area contributed by atoms with Crippen LogP contribution in [0.5, 0.6) is 0 Å². The molecule has 234 valence electrons. The maximum Gasteiger partial charge on any atom is 0.0542 e. The van der Waals surface area contributed by atoms with Crippen molar-refractivity contribution in [1.29, 1.82) is 0 Å².